The van der Waals surface area contributed by atoms with E-state index in [9.17, 15) is 19.1 Å². The van der Waals surface area contributed by atoms with Gasteiger partial charge in [-0.15, -0.1) is 0 Å². The molecule has 0 aliphatic heterocycles. The third-order valence-corrected chi connectivity index (χ3v) is 2.52. The average Bonchev–Trinajstić information content (AvgIpc) is 2.34. The summed E-state index contributed by atoms with van der Waals surface area (Å²) in [5.74, 6) is -2.44. The van der Waals surface area contributed by atoms with E-state index in [-0.39, 0.29) is 5.75 Å². The number of nitrogens with one attached hydrogen (secondary N) is 1. The summed E-state index contributed by atoms with van der Waals surface area (Å²) in [7, 11) is 0. The van der Waals surface area contributed by atoms with Gasteiger partial charge in [-0.25, -0.2) is 9.18 Å². The molecule has 1 rings (SSSR count). The van der Waals surface area contributed by atoms with Gasteiger partial charge in [0.15, 0.2) is 12.1 Å². The van der Waals surface area contributed by atoms with Gasteiger partial charge in [0.2, 0.25) is 0 Å². The number of ether oxygens (including phenoxy) is 1. The van der Waals surface area contributed by atoms with Crippen LogP contribution >= 0.6 is 0 Å². The van der Waals surface area contributed by atoms with E-state index in [4.69, 9.17) is 9.84 Å². The number of carboxylic acids is 1. The highest BCUT2D eigenvalue weighted by Crippen LogP contribution is 2.13. The van der Waals surface area contributed by atoms with E-state index >= 15 is 0 Å². The summed E-state index contributed by atoms with van der Waals surface area (Å²) < 4.78 is 18.1. The van der Waals surface area contributed by atoms with Crippen LogP contribution in [0.3, 0.4) is 0 Å². The lowest BCUT2D eigenvalue weighted by Gasteiger charge is -2.20. The number of hydrogen-bond acceptors (Lipinski definition) is 4. The fourth-order valence-electron chi connectivity index (χ4n) is 1.46. The normalized spacial score (nSPS) is 15.0. The first-order valence-electron chi connectivity index (χ1n) is 5.94. The third-order valence-electron chi connectivity index (χ3n) is 2.52. The molecule has 0 aliphatic carbocycles. The molecule has 0 spiro atoms. The number of carboxylic acid groups (broad SMARTS) is 1. The van der Waals surface area contributed by atoms with Gasteiger partial charge in [-0.1, -0.05) is 6.07 Å². The summed E-state index contributed by atoms with van der Waals surface area (Å²) in [5.41, 5.74) is 0. The molecule has 0 heterocycles. The smallest absolute Gasteiger partial charge is 0.328 e. The predicted molar refractivity (Wildman–Crippen MR) is 67.7 cm³/mol. The number of carbonyl (C=O) groups excluding carboxylic acids is 1. The van der Waals surface area contributed by atoms with Gasteiger partial charge in [0.25, 0.3) is 5.91 Å². The van der Waals surface area contributed by atoms with Gasteiger partial charge >= 0.3 is 5.97 Å². The Morgan fingerprint density at radius 2 is 2.00 bits per heavy atom. The Labute approximate surface area is 115 Å². The largest absolute Gasteiger partial charge is 0.481 e. The first-order chi connectivity index (χ1) is 9.31. The molecule has 0 radical (unpaired) electrons. The molecule has 6 nitrogen and oxygen atoms in total. The van der Waals surface area contributed by atoms with E-state index < -0.39 is 35.9 Å². The number of aliphatic hydroxyl groups excluding tert-OH is 1. The second-order valence-electron chi connectivity index (χ2n) is 4.28. The minimum atomic E-state index is -1.43. The summed E-state index contributed by atoms with van der Waals surface area (Å²) in [6.07, 6.45) is -2.28. The summed E-state index contributed by atoms with van der Waals surface area (Å²) in [6, 6.07) is 3.79. The van der Waals surface area contributed by atoms with Gasteiger partial charge in [0.1, 0.15) is 11.6 Å². The van der Waals surface area contributed by atoms with Gasteiger partial charge in [-0.05, 0) is 26.0 Å². The summed E-state index contributed by atoms with van der Waals surface area (Å²) >= 11 is 0. The monoisotopic (exact) mass is 285 g/mol. The molecule has 1 aromatic rings. The van der Waals surface area contributed by atoms with Crippen LogP contribution in [0.5, 0.6) is 5.75 Å². The Morgan fingerprint density at radius 3 is 2.50 bits per heavy atom. The number of amides is 1. The number of hydrogen-bond donors (Lipinski definition) is 3. The maximum absolute atomic E-state index is 12.9. The van der Waals surface area contributed by atoms with Crippen molar-refractivity contribution < 1.29 is 28.9 Å². The molecule has 7 heteroatoms. The molecule has 1 aromatic carbocycles. The first kappa shape index (κ1) is 15.9. The zero-order valence-electron chi connectivity index (χ0n) is 11.0. The van der Waals surface area contributed by atoms with Crippen LogP contribution in [-0.4, -0.2) is 40.3 Å². The Bertz CT molecular complexity index is 491. The molecule has 0 saturated heterocycles. The van der Waals surface area contributed by atoms with Crippen molar-refractivity contribution in [3.05, 3.63) is 30.1 Å². The van der Waals surface area contributed by atoms with Crippen molar-refractivity contribution in [3.8, 4) is 5.75 Å². The highest BCUT2D eigenvalue weighted by molar-refractivity contribution is 5.86. The fourth-order valence-corrected chi connectivity index (χ4v) is 1.46. The van der Waals surface area contributed by atoms with Gasteiger partial charge in [-0.2, -0.15) is 0 Å². The van der Waals surface area contributed by atoms with Crippen molar-refractivity contribution in [2.45, 2.75) is 32.1 Å². The third kappa shape index (κ3) is 4.51. The van der Waals surface area contributed by atoms with Crippen molar-refractivity contribution in [2.24, 2.45) is 0 Å². The zero-order chi connectivity index (χ0) is 15.3. The average molecular weight is 285 g/mol. The molecule has 1 amide bonds. The highest BCUT2D eigenvalue weighted by Gasteiger charge is 2.27. The van der Waals surface area contributed by atoms with Crippen LogP contribution in [0, 0.1) is 5.82 Å². The molecular weight excluding hydrogens is 269 g/mol. The lowest BCUT2D eigenvalue weighted by atomic mass is 10.2. The molecule has 0 aromatic heterocycles. The summed E-state index contributed by atoms with van der Waals surface area (Å²) in [6.45, 7) is 2.64. The summed E-state index contributed by atoms with van der Waals surface area (Å²) in [5, 5.41) is 20.2. The van der Waals surface area contributed by atoms with Crippen molar-refractivity contribution >= 4 is 11.9 Å². The van der Waals surface area contributed by atoms with Gasteiger partial charge in [-0.3, -0.25) is 4.79 Å². The molecule has 3 atom stereocenters. The fraction of sp³-hybridized carbons (Fsp3) is 0.385. The van der Waals surface area contributed by atoms with Gasteiger partial charge in [0, 0.05) is 6.07 Å². The molecule has 3 N–H and O–H groups in total. The molecule has 1 unspecified atom stereocenters. The highest BCUT2D eigenvalue weighted by atomic mass is 19.1. The molecule has 20 heavy (non-hydrogen) atoms. The second kappa shape index (κ2) is 6.85. The van der Waals surface area contributed by atoms with E-state index in [1.807, 2.05) is 0 Å². The van der Waals surface area contributed by atoms with E-state index in [0.29, 0.717) is 0 Å². The topological polar surface area (TPSA) is 95.9 Å². The predicted octanol–water partition coefficient (Wildman–Crippen LogP) is 0.543. The number of carbonyl (C=O) groups is 2. The van der Waals surface area contributed by atoms with Crippen molar-refractivity contribution in [2.75, 3.05) is 0 Å². The number of rotatable bonds is 6. The lowest BCUT2D eigenvalue weighted by Crippen LogP contribution is -2.51. The SMILES string of the molecule is CC(Oc1cccc(F)c1)C(=O)N[C@H](C(=O)O)[C@@H](C)O. The minimum Gasteiger partial charge on any atom is -0.481 e. The van der Waals surface area contributed by atoms with E-state index in [2.05, 4.69) is 5.32 Å². The number of aliphatic hydroxyl groups is 1. The minimum absolute atomic E-state index is 0.150. The number of halogens is 1. The maximum Gasteiger partial charge on any atom is 0.328 e. The lowest BCUT2D eigenvalue weighted by molar-refractivity contribution is -0.145. The van der Waals surface area contributed by atoms with Gasteiger partial charge < -0.3 is 20.3 Å². The molecule has 0 saturated carbocycles. The summed E-state index contributed by atoms with van der Waals surface area (Å²) in [4.78, 5) is 22.6. The molecular formula is C13H16FNO5. The first-order valence-corrected chi connectivity index (χ1v) is 5.94. The van der Waals surface area contributed by atoms with E-state index in [1.165, 1.54) is 32.0 Å². The molecule has 0 fully saturated rings. The second-order valence-corrected chi connectivity index (χ2v) is 4.28. The van der Waals surface area contributed by atoms with Crippen molar-refractivity contribution in [1.82, 2.24) is 5.32 Å². The van der Waals surface area contributed by atoms with Crippen LogP contribution < -0.4 is 10.1 Å². The Morgan fingerprint density at radius 1 is 1.35 bits per heavy atom. The number of benzene rings is 1. The van der Waals surface area contributed by atoms with E-state index in [0.717, 1.165) is 6.07 Å². The Balaban J connectivity index is 2.65. The molecule has 0 bridgehead atoms. The van der Waals surface area contributed by atoms with E-state index in [1.54, 1.807) is 0 Å². The Kier molecular flexibility index (Phi) is 5.45. The van der Waals surface area contributed by atoms with Crippen molar-refractivity contribution in [1.29, 1.82) is 0 Å². The van der Waals surface area contributed by atoms with Crippen LogP contribution in [0.2, 0.25) is 0 Å². The maximum atomic E-state index is 12.9. The van der Waals surface area contributed by atoms with Gasteiger partial charge in [0.05, 0.1) is 6.10 Å². The standard InChI is InChI=1S/C13H16FNO5/c1-7(16)11(13(18)19)15-12(17)8(2)20-10-5-3-4-9(14)6-10/h3-8,11,16H,1-2H3,(H,15,17)(H,18,19)/t7-,8?,11+/m1/s1. The van der Waals surface area contributed by atoms with Crippen LogP contribution in [0.4, 0.5) is 4.39 Å². The molecule has 0 aliphatic rings. The molecule has 110 valence electrons. The van der Waals surface area contributed by atoms with Crippen molar-refractivity contribution in [3.63, 3.8) is 0 Å². The van der Waals surface area contributed by atoms with Crippen LogP contribution in [0.25, 0.3) is 0 Å². The quantitative estimate of drug-likeness (QED) is 0.709. The number of aliphatic carboxylic acids is 1. The van der Waals surface area contributed by atoms with Crippen LogP contribution in [0.1, 0.15) is 13.8 Å². The van der Waals surface area contributed by atoms with Crippen LogP contribution in [0.15, 0.2) is 24.3 Å². The zero-order valence-corrected chi connectivity index (χ0v) is 11.0. The van der Waals surface area contributed by atoms with Crippen LogP contribution in [-0.2, 0) is 9.59 Å². The Hall–Kier alpha value is -2.15.